The van der Waals surface area contributed by atoms with Crippen LogP contribution < -0.4 is 5.32 Å². The summed E-state index contributed by atoms with van der Waals surface area (Å²) in [5, 5.41) is 3.72. The fourth-order valence-electron chi connectivity index (χ4n) is 2.97. The van der Waals surface area contributed by atoms with Crippen molar-refractivity contribution in [1.29, 1.82) is 0 Å². The fraction of sp³-hybridized carbons (Fsp3) is 1.00. The van der Waals surface area contributed by atoms with Crippen LogP contribution in [0.2, 0.25) is 72.5 Å². The molecule has 7 nitrogen and oxygen atoms in total. The van der Waals surface area contributed by atoms with Crippen LogP contribution in [-0.4, -0.2) is 79.3 Å². The molecule has 0 aromatic carbocycles. The van der Waals surface area contributed by atoms with Crippen molar-refractivity contribution < 1.29 is 25.6 Å². The van der Waals surface area contributed by atoms with Crippen LogP contribution in [0.25, 0.3) is 0 Å². The van der Waals surface area contributed by atoms with Gasteiger partial charge in [-0.15, -0.1) is 0 Å². The minimum absolute atomic E-state index is 0.0299. The highest BCUT2D eigenvalue weighted by molar-refractivity contribution is 7.87. The standard InChI is InChI=1S/C31H73NO6SSi4/c1-27(2,3)40(13,14)35-24-31(25-36-41(15,16)28(4,5)6,26-37-42(17,18)29(7,8)9)32-22-21-23-39(33,34)38-43(19,20)30(10,11)12/h32H,21-26H2,1-20H3. The first-order chi connectivity index (χ1) is 18.5. The zero-order chi connectivity index (χ0) is 34.8. The van der Waals surface area contributed by atoms with E-state index in [1.807, 2.05) is 13.1 Å². The molecule has 0 fully saturated rings. The Morgan fingerprint density at radius 2 is 0.791 bits per heavy atom. The van der Waals surface area contributed by atoms with Gasteiger partial charge >= 0.3 is 0 Å². The van der Waals surface area contributed by atoms with E-state index in [9.17, 15) is 8.42 Å². The molecule has 1 N–H and O–H groups in total. The number of nitrogens with one attached hydrogen (secondary N) is 1. The van der Waals surface area contributed by atoms with Gasteiger partial charge in [-0.3, -0.25) is 0 Å². The molecule has 0 spiro atoms. The Morgan fingerprint density at radius 3 is 1.05 bits per heavy atom. The molecule has 0 heterocycles. The van der Waals surface area contributed by atoms with Crippen molar-refractivity contribution in [3.63, 3.8) is 0 Å². The molecule has 0 aliphatic rings. The first-order valence-corrected chi connectivity index (χ1v) is 29.3. The smallest absolute Gasteiger partial charge is 0.257 e. The van der Waals surface area contributed by atoms with E-state index in [1.54, 1.807) is 0 Å². The molecule has 0 aromatic rings. The summed E-state index contributed by atoms with van der Waals surface area (Å²) in [5.41, 5.74) is -0.620. The predicted molar refractivity (Wildman–Crippen MR) is 197 cm³/mol. The summed E-state index contributed by atoms with van der Waals surface area (Å²) in [7, 11) is -12.4. The van der Waals surface area contributed by atoms with Crippen LogP contribution in [0.1, 0.15) is 89.5 Å². The normalized spacial score (nSPS) is 15.7. The fourth-order valence-corrected chi connectivity index (χ4v) is 10.6. The second kappa shape index (κ2) is 14.4. The van der Waals surface area contributed by atoms with Crippen LogP contribution in [0.3, 0.4) is 0 Å². The minimum Gasteiger partial charge on any atom is -0.415 e. The summed E-state index contributed by atoms with van der Waals surface area (Å²) in [6, 6.07) is 0. The second-order valence-corrected chi connectivity index (χ2v) is 40.0. The molecular formula is C31H73NO6SSi4. The second-order valence-electron chi connectivity index (χ2n) is 18.8. The average Bonchev–Trinajstić information content (AvgIpc) is 2.73. The van der Waals surface area contributed by atoms with E-state index >= 15 is 0 Å². The molecule has 0 saturated heterocycles. The van der Waals surface area contributed by atoms with Gasteiger partial charge in [0.25, 0.3) is 10.1 Å². The van der Waals surface area contributed by atoms with Crippen LogP contribution in [0.5, 0.6) is 0 Å². The zero-order valence-electron chi connectivity index (χ0n) is 32.1. The van der Waals surface area contributed by atoms with Crippen molar-refractivity contribution in [1.82, 2.24) is 5.32 Å². The number of rotatable bonds is 16. The van der Waals surface area contributed by atoms with E-state index in [2.05, 4.69) is 128 Å². The lowest BCUT2D eigenvalue weighted by molar-refractivity contribution is 0.0543. The molecule has 43 heavy (non-hydrogen) atoms. The first kappa shape index (κ1) is 43.6. The maximum Gasteiger partial charge on any atom is 0.257 e. The molecule has 0 unspecified atom stereocenters. The van der Waals surface area contributed by atoms with Crippen molar-refractivity contribution in [3.8, 4) is 0 Å². The van der Waals surface area contributed by atoms with Gasteiger partial charge in [0.1, 0.15) is 0 Å². The molecular weight excluding hydrogens is 627 g/mol. The van der Waals surface area contributed by atoms with E-state index in [0.717, 1.165) is 0 Å². The van der Waals surface area contributed by atoms with E-state index in [-0.39, 0.29) is 25.9 Å². The zero-order valence-corrected chi connectivity index (χ0v) is 36.9. The lowest BCUT2D eigenvalue weighted by Gasteiger charge is -2.46. The lowest BCUT2D eigenvalue weighted by Crippen LogP contribution is -2.62. The van der Waals surface area contributed by atoms with Gasteiger partial charge in [-0.05, 0) is 85.5 Å². The van der Waals surface area contributed by atoms with Crippen LogP contribution in [0.4, 0.5) is 0 Å². The Morgan fingerprint density at radius 1 is 0.512 bits per heavy atom. The largest absolute Gasteiger partial charge is 0.415 e. The molecule has 260 valence electrons. The first-order valence-electron chi connectivity index (χ1n) is 16.1. The quantitative estimate of drug-likeness (QED) is 0.127. The maximum atomic E-state index is 13.0. The Labute approximate surface area is 273 Å². The highest BCUT2D eigenvalue weighted by atomic mass is 32.2. The van der Waals surface area contributed by atoms with Gasteiger partial charge in [0.15, 0.2) is 25.0 Å². The van der Waals surface area contributed by atoms with Gasteiger partial charge in [0.2, 0.25) is 8.32 Å². The van der Waals surface area contributed by atoms with Crippen molar-refractivity contribution in [2.75, 3.05) is 32.1 Å². The Bertz CT molecular complexity index is 912. The molecule has 0 amide bonds. The highest BCUT2D eigenvalue weighted by Gasteiger charge is 2.46. The van der Waals surface area contributed by atoms with Gasteiger partial charge in [0, 0.05) is 0 Å². The molecule has 0 radical (unpaired) electrons. The topological polar surface area (TPSA) is 83.1 Å². The van der Waals surface area contributed by atoms with Gasteiger partial charge < -0.3 is 22.5 Å². The van der Waals surface area contributed by atoms with Crippen LogP contribution >= 0.6 is 0 Å². The van der Waals surface area contributed by atoms with E-state index in [0.29, 0.717) is 32.8 Å². The van der Waals surface area contributed by atoms with Crippen molar-refractivity contribution >= 4 is 43.4 Å². The van der Waals surface area contributed by atoms with Crippen molar-refractivity contribution in [3.05, 3.63) is 0 Å². The molecule has 0 saturated carbocycles. The Kier molecular flexibility index (Phi) is 14.6. The molecule has 0 aromatic heterocycles. The van der Waals surface area contributed by atoms with Gasteiger partial charge in [-0.1, -0.05) is 83.1 Å². The summed E-state index contributed by atoms with van der Waals surface area (Å²) in [5.74, 6) is -0.0299. The van der Waals surface area contributed by atoms with E-state index in [1.165, 1.54) is 0 Å². The summed E-state index contributed by atoms with van der Waals surface area (Å²) in [6.45, 7) is 45.8. The third-order valence-electron chi connectivity index (χ3n) is 10.8. The summed E-state index contributed by atoms with van der Waals surface area (Å²) in [4.78, 5) is 0. The molecule has 0 atom stereocenters. The third kappa shape index (κ3) is 13.3. The lowest BCUT2D eigenvalue weighted by atomic mass is 10.0. The summed E-state index contributed by atoms with van der Waals surface area (Å²) in [6.07, 6.45) is 0.430. The molecule has 0 bridgehead atoms. The molecule has 0 aliphatic heterocycles. The SMILES string of the molecule is CC(C)(C)[Si](C)(C)OCC(CO[Si](C)(C)C(C)(C)C)(CO[Si](C)(C)C(C)(C)C)NCCCS(=O)(=O)O[Si](C)(C)C(C)(C)C. The van der Waals surface area contributed by atoms with Crippen molar-refractivity contribution in [2.24, 2.45) is 0 Å². The minimum atomic E-state index is -3.66. The van der Waals surface area contributed by atoms with E-state index < -0.39 is 48.9 Å². The third-order valence-corrected chi connectivity index (χ3v) is 31.3. The van der Waals surface area contributed by atoms with Crippen LogP contribution in [0, 0.1) is 0 Å². The number of hydrogen-bond donors (Lipinski definition) is 1. The van der Waals surface area contributed by atoms with Crippen LogP contribution in [-0.2, 0) is 27.3 Å². The van der Waals surface area contributed by atoms with Crippen molar-refractivity contribution in [2.45, 2.75) is 168 Å². The van der Waals surface area contributed by atoms with Gasteiger partial charge in [-0.25, -0.2) is 8.42 Å². The molecule has 12 heteroatoms. The Hall–Kier alpha value is 0.618. The highest BCUT2D eigenvalue weighted by Crippen LogP contribution is 2.41. The van der Waals surface area contributed by atoms with E-state index in [4.69, 9.17) is 17.2 Å². The molecule has 0 rings (SSSR count). The molecule has 0 aliphatic carbocycles. The summed E-state index contributed by atoms with van der Waals surface area (Å²) >= 11 is 0. The van der Waals surface area contributed by atoms with Gasteiger partial charge in [0.05, 0.1) is 31.1 Å². The Balaban J connectivity index is 6.35. The van der Waals surface area contributed by atoms with Crippen LogP contribution in [0.15, 0.2) is 0 Å². The number of hydrogen-bond acceptors (Lipinski definition) is 7. The average molecular weight is 700 g/mol. The monoisotopic (exact) mass is 699 g/mol. The maximum absolute atomic E-state index is 13.0. The summed E-state index contributed by atoms with van der Waals surface area (Å²) < 4.78 is 52.5. The predicted octanol–water partition coefficient (Wildman–Crippen LogP) is 9.12. The van der Waals surface area contributed by atoms with Gasteiger partial charge in [-0.2, -0.15) is 0 Å².